The molecule has 4 fully saturated rings. The molecule has 0 saturated heterocycles. The standard InChI is InChI=1S/C20H28FNO3/c1-19-6-4-11(23)8-15(19)17(22-25-3)9-12-13(19)5-7-20(2)14(12)10-16(21)18(20)24/h12-16H,4-10H2,1-3H3/t12?,13?,14?,15?,16-,19-,20+/m1/s1. The number of halogens is 1. The molecule has 4 unspecified atom stereocenters. The van der Waals surface area contributed by atoms with E-state index in [0.717, 1.165) is 31.4 Å². The van der Waals surface area contributed by atoms with Crippen LogP contribution < -0.4 is 0 Å². The summed E-state index contributed by atoms with van der Waals surface area (Å²) >= 11 is 0. The number of alkyl halides is 1. The van der Waals surface area contributed by atoms with Crippen LogP contribution in [0.1, 0.15) is 58.8 Å². The number of hydrogen-bond acceptors (Lipinski definition) is 4. The van der Waals surface area contributed by atoms with Gasteiger partial charge in [-0.3, -0.25) is 9.59 Å². The van der Waals surface area contributed by atoms with Gasteiger partial charge in [0.25, 0.3) is 0 Å². The van der Waals surface area contributed by atoms with Gasteiger partial charge in [-0.25, -0.2) is 4.39 Å². The lowest BCUT2D eigenvalue weighted by atomic mass is 9.45. The van der Waals surface area contributed by atoms with Crippen molar-refractivity contribution in [2.24, 2.45) is 39.7 Å². The first-order valence-electron chi connectivity index (χ1n) is 9.61. The first-order valence-corrected chi connectivity index (χ1v) is 9.61. The van der Waals surface area contributed by atoms with Crippen molar-refractivity contribution >= 4 is 17.3 Å². The molecule has 0 bridgehead atoms. The summed E-state index contributed by atoms with van der Waals surface area (Å²) < 4.78 is 14.3. The highest BCUT2D eigenvalue weighted by atomic mass is 19.1. The molecule has 7 atom stereocenters. The fourth-order valence-electron chi connectivity index (χ4n) is 6.83. The third-order valence-electron chi connectivity index (χ3n) is 8.21. The Morgan fingerprint density at radius 3 is 2.64 bits per heavy atom. The molecule has 4 aliphatic carbocycles. The summed E-state index contributed by atoms with van der Waals surface area (Å²) in [4.78, 5) is 29.7. The molecule has 4 rings (SSSR count). The van der Waals surface area contributed by atoms with E-state index in [2.05, 4.69) is 12.1 Å². The maximum Gasteiger partial charge on any atom is 0.173 e. The average Bonchev–Trinajstić information content (AvgIpc) is 2.80. The van der Waals surface area contributed by atoms with Crippen molar-refractivity contribution < 1.29 is 18.8 Å². The molecule has 0 N–H and O–H groups in total. The predicted octanol–water partition coefficient (Wildman–Crippen LogP) is 3.73. The van der Waals surface area contributed by atoms with Crippen molar-refractivity contribution in [3.63, 3.8) is 0 Å². The SMILES string of the molecule is CON=C1CC2C(CC[C@]3(C)C(=O)[C@H](F)CC23)[C@@]2(C)CCC(=O)CC12. The summed E-state index contributed by atoms with van der Waals surface area (Å²) in [5, 5.41) is 4.30. The van der Waals surface area contributed by atoms with E-state index in [1.54, 1.807) is 7.11 Å². The van der Waals surface area contributed by atoms with E-state index in [-0.39, 0.29) is 29.0 Å². The fourth-order valence-corrected chi connectivity index (χ4v) is 6.83. The molecule has 4 nitrogen and oxygen atoms in total. The highest BCUT2D eigenvalue weighted by molar-refractivity contribution is 5.95. The zero-order valence-corrected chi connectivity index (χ0v) is 15.4. The monoisotopic (exact) mass is 349 g/mol. The van der Waals surface area contributed by atoms with Crippen molar-refractivity contribution in [1.29, 1.82) is 0 Å². The van der Waals surface area contributed by atoms with Crippen LogP contribution in [0.2, 0.25) is 0 Å². The number of fused-ring (bicyclic) bond motifs is 5. The quantitative estimate of drug-likeness (QED) is 0.678. The first-order chi connectivity index (χ1) is 11.8. The number of rotatable bonds is 1. The zero-order chi connectivity index (χ0) is 18.0. The summed E-state index contributed by atoms with van der Waals surface area (Å²) in [7, 11) is 1.54. The van der Waals surface area contributed by atoms with E-state index in [1.807, 2.05) is 6.92 Å². The highest BCUT2D eigenvalue weighted by Gasteiger charge is 2.63. The van der Waals surface area contributed by atoms with Crippen LogP contribution in [-0.2, 0) is 14.4 Å². The second-order valence-corrected chi connectivity index (χ2v) is 9.17. The van der Waals surface area contributed by atoms with Gasteiger partial charge in [0, 0.05) is 24.2 Å². The van der Waals surface area contributed by atoms with Crippen molar-refractivity contribution in [3.8, 4) is 0 Å². The van der Waals surface area contributed by atoms with Crippen LogP contribution >= 0.6 is 0 Å². The normalized spacial score (nSPS) is 51.0. The Morgan fingerprint density at radius 2 is 1.92 bits per heavy atom. The topological polar surface area (TPSA) is 55.7 Å². The minimum Gasteiger partial charge on any atom is -0.399 e. The van der Waals surface area contributed by atoms with Gasteiger partial charge in [0.05, 0.1) is 5.71 Å². The maximum absolute atomic E-state index is 14.3. The van der Waals surface area contributed by atoms with E-state index >= 15 is 0 Å². The lowest BCUT2D eigenvalue weighted by Crippen LogP contribution is -2.56. The van der Waals surface area contributed by atoms with Crippen LogP contribution in [0, 0.1) is 34.5 Å². The molecule has 0 aromatic carbocycles. The van der Waals surface area contributed by atoms with Crippen LogP contribution in [0.5, 0.6) is 0 Å². The van der Waals surface area contributed by atoms with Crippen LogP contribution in [0.25, 0.3) is 0 Å². The predicted molar refractivity (Wildman–Crippen MR) is 91.8 cm³/mol. The molecule has 4 aliphatic rings. The van der Waals surface area contributed by atoms with Gasteiger partial charge in [-0.05, 0) is 55.3 Å². The largest absolute Gasteiger partial charge is 0.399 e. The van der Waals surface area contributed by atoms with Gasteiger partial charge in [0.2, 0.25) is 0 Å². The molecule has 0 radical (unpaired) electrons. The van der Waals surface area contributed by atoms with Gasteiger partial charge < -0.3 is 4.84 Å². The lowest BCUT2D eigenvalue weighted by Gasteiger charge is -2.59. The molecule has 0 aromatic heterocycles. The second-order valence-electron chi connectivity index (χ2n) is 9.17. The minimum absolute atomic E-state index is 0.00691. The van der Waals surface area contributed by atoms with Gasteiger partial charge in [0.15, 0.2) is 12.0 Å². The Hall–Kier alpha value is -1.26. The molecule has 5 heteroatoms. The van der Waals surface area contributed by atoms with E-state index in [0.29, 0.717) is 31.0 Å². The molecular formula is C20H28FNO3. The van der Waals surface area contributed by atoms with E-state index in [4.69, 9.17) is 4.84 Å². The first kappa shape index (κ1) is 17.2. The Morgan fingerprint density at radius 1 is 1.16 bits per heavy atom. The van der Waals surface area contributed by atoms with Crippen LogP contribution in [0.15, 0.2) is 5.16 Å². The van der Waals surface area contributed by atoms with Gasteiger partial charge in [-0.1, -0.05) is 19.0 Å². The molecule has 0 aromatic rings. The smallest absolute Gasteiger partial charge is 0.173 e. The third kappa shape index (κ3) is 2.26. The number of carbonyl (C=O) groups excluding carboxylic acids is 2. The molecule has 0 heterocycles. The van der Waals surface area contributed by atoms with Gasteiger partial charge in [0.1, 0.15) is 12.9 Å². The zero-order valence-electron chi connectivity index (χ0n) is 15.4. The maximum atomic E-state index is 14.3. The summed E-state index contributed by atoms with van der Waals surface area (Å²) in [6.45, 7) is 4.26. The van der Waals surface area contributed by atoms with Crippen LogP contribution in [-0.4, -0.2) is 30.6 Å². The van der Waals surface area contributed by atoms with Crippen molar-refractivity contribution in [1.82, 2.24) is 0 Å². The Balaban J connectivity index is 1.74. The Labute approximate surface area is 148 Å². The second kappa shape index (κ2) is 5.62. The van der Waals surface area contributed by atoms with Crippen molar-refractivity contribution in [2.45, 2.75) is 65.0 Å². The lowest BCUT2D eigenvalue weighted by molar-refractivity contribution is -0.138. The van der Waals surface area contributed by atoms with Crippen molar-refractivity contribution in [3.05, 3.63) is 0 Å². The van der Waals surface area contributed by atoms with Gasteiger partial charge >= 0.3 is 0 Å². The summed E-state index contributed by atoms with van der Waals surface area (Å²) in [6, 6.07) is 0. The number of Topliss-reactive ketones (excluding diaryl/α,β-unsaturated/α-hetero) is 2. The minimum atomic E-state index is -1.31. The van der Waals surface area contributed by atoms with E-state index in [1.165, 1.54) is 0 Å². The van der Waals surface area contributed by atoms with Crippen LogP contribution in [0.3, 0.4) is 0 Å². The molecule has 0 amide bonds. The van der Waals surface area contributed by atoms with Crippen LogP contribution in [0.4, 0.5) is 4.39 Å². The number of nitrogens with zero attached hydrogens (tertiary/aromatic N) is 1. The molecule has 0 aliphatic heterocycles. The Kier molecular flexibility index (Phi) is 3.86. The summed E-state index contributed by atoms with van der Waals surface area (Å²) in [6.07, 6.45) is 3.58. The van der Waals surface area contributed by atoms with Crippen molar-refractivity contribution in [2.75, 3.05) is 7.11 Å². The number of ketones is 2. The highest BCUT2D eigenvalue weighted by Crippen LogP contribution is 2.64. The number of carbonyl (C=O) groups is 2. The molecule has 0 spiro atoms. The summed E-state index contributed by atoms with van der Waals surface area (Å²) in [5.41, 5.74) is 0.442. The molecule has 138 valence electrons. The van der Waals surface area contributed by atoms with Gasteiger partial charge in [-0.2, -0.15) is 0 Å². The fraction of sp³-hybridized carbons (Fsp3) is 0.850. The number of hydrogen-bond donors (Lipinski definition) is 0. The summed E-state index contributed by atoms with van der Waals surface area (Å²) in [5.74, 6) is 1.06. The van der Waals surface area contributed by atoms with Gasteiger partial charge in [-0.15, -0.1) is 0 Å². The molecular weight excluding hydrogens is 321 g/mol. The molecule has 25 heavy (non-hydrogen) atoms. The average molecular weight is 349 g/mol. The molecule has 4 saturated carbocycles. The van der Waals surface area contributed by atoms with E-state index in [9.17, 15) is 14.0 Å². The number of oxime groups is 1. The Bertz CT molecular complexity index is 647. The third-order valence-corrected chi connectivity index (χ3v) is 8.21. The van der Waals surface area contributed by atoms with E-state index < -0.39 is 11.6 Å².